The van der Waals surface area contributed by atoms with Gasteiger partial charge in [0.25, 0.3) is 0 Å². The molecule has 0 bridgehead atoms. The summed E-state index contributed by atoms with van der Waals surface area (Å²) in [6, 6.07) is 28.6. The molecule has 0 radical (unpaired) electrons. The van der Waals surface area contributed by atoms with Crippen LogP contribution < -0.4 is 0 Å². The van der Waals surface area contributed by atoms with Gasteiger partial charge in [-0.15, -0.1) is 22.7 Å². The van der Waals surface area contributed by atoms with Crippen LogP contribution in [0.5, 0.6) is 0 Å². The number of thiophene rings is 2. The van der Waals surface area contributed by atoms with Gasteiger partial charge in [-0.1, -0.05) is 99.3 Å². The van der Waals surface area contributed by atoms with Crippen LogP contribution in [-0.2, 0) is 11.2 Å². The zero-order chi connectivity index (χ0) is 26.3. The van der Waals surface area contributed by atoms with Gasteiger partial charge in [0.05, 0.1) is 0 Å². The van der Waals surface area contributed by atoms with Crippen molar-refractivity contribution in [1.29, 1.82) is 0 Å². The number of fused-ring (bicyclic) bond motifs is 3. The van der Waals surface area contributed by atoms with Gasteiger partial charge in [0.15, 0.2) is 5.78 Å². The maximum absolute atomic E-state index is 14.0. The number of hydrogen-bond acceptors (Lipinski definition) is 3. The average molecular weight is 543 g/mol. The molecule has 2 aromatic heterocycles. The fourth-order valence-corrected chi connectivity index (χ4v) is 7.86. The summed E-state index contributed by atoms with van der Waals surface area (Å²) in [5.74, 6) is 0.155. The van der Waals surface area contributed by atoms with Crippen LogP contribution in [0.25, 0.3) is 44.2 Å². The molecule has 2 aliphatic rings. The van der Waals surface area contributed by atoms with Crippen LogP contribution in [0.1, 0.15) is 65.5 Å². The number of aryl methyl sites for hydroxylation is 1. The summed E-state index contributed by atoms with van der Waals surface area (Å²) >= 11 is 3.30. The molecule has 0 saturated carbocycles. The van der Waals surface area contributed by atoms with Crippen LogP contribution in [-0.4, -0.2) is 5.78 Å². The van der Waals surface area contributed by atoms with Crippen molar-refractivity contribution in [1.82, 2.24) is 0 Å². The highest BCUT2D eigenvalue weighted by Crippen LogP contribution is 2.58. The lowest BCUT2D eigenvalue weighted by Gasteiger charge is -2.11. The molecule has 3 heteroatoms. The second-order valence-corrected chi connectivity index (χ2v) is 12.4. The zero-order valence-corrected chi connectivity index (χ0v) is 23.8. The van der Waals surface area contributed by atoms with E-state index in [0.717, 1.165) is 38.5 Å². The summed E-state index contributed by atoms with van der Waals surface area (Å²) in [5.41, 5.74) is 10.2. The Morgan fingerprint density at radius 3 is 1.87 bits per heavy atom. The van der Waals surface area contributed by atoms with Crippen LogP contribution in [0.4, 0.5) is 0 Å². The predicted octanol–water partition coefficient (Wildman–Crippen LogP) is 10.6. The van der Waals surface area contributed by atoms with Crippen LogP contribution in [0.2, 0.25) is 0 Å². The third-order valence-electron chi connectivity index (χ3n) is 8.15. The van der Waals surface area contributed by atoms with Gasteiger partial charge >= 0.3 is 0 Å². The van der Waals surface area contributed by atoms with Gasteiger partial charge in [-0.2, -0.15) is 0 Å². The van der Waals surface area contributed by atoms with Crippen molar-refractivity contribution in [3.63, 3.8) is 0 Å². The van der Waals surface area contributed by atoms with Gasteiger partial charge in [0.1, 0.15) is 0 Å². The van der Waals surface area contributed by atoms with E-state index in [1.54, 1.807) is 22.7 Å². The first kappa shape index (κ1) is 24.5. The Balaban J connectivity index is 1.34. The SMILES string of the molecule is CCCCCCCc1ccc(-c2ccc3c4c(cccc24)C2=C(c4cccs4)C(=O)C(c4cccs4)=C23)cc1. The maximum Gasteiger partial charge on any atom is 0.197 e. The Bertz CT molecular complexity index is 1680. The molecule has 0 atom stereocenters. The lowest BCUT2D eigenvalue weighted by atomic mass is 9.92. The highest BCUT2D eigenvalue weighted by molar-refractivity contribution is 7.13. The quantitative estimate of drug-likeness (QED) is 0.169. The van der Waals surface area contributed by atoms with E-state index in [2.05, 4.69) is 84.4 Å². The molecule has 0 unspecified atom stereocenters. The van der Waals surface area contributed by atoms with Crippen LogP contribution in [0.15, 0.2) is 89.6 Å². The highest BCUT2D eigenvalue weighted by atomic mass is 32.1. The summed E-state index contributed by atoms with van der Waals surface area (Å²) in [6.45, 7) is 2.27. The average Bonchev–Trinajstić information content (AvgIpc) is 3.77. The van der Waals surface area contributed by atoms with Crippen LogP contribution in [0.3, 0.4) is 0 Å². The van der Waals surface area contributed by atoms with E-state index in [9.17, 15) is 4.79 Å². The Morgan fingerprint density at radius 1 is 0.590 bits per heavy atom. The predicted molar refractivity (Wildman–Crippen MR) is 169 cm³/mol. The minimum absolute atomic E-state index is 0.155. The molecular weight excluding hydrogens is 513 g/mol. The van der Waals surface area contributed by atoms with E-state index in [4.69, 9.17) is 0 Å². The van der Waals surface area contributed by atoms with E-state index in [1.165, 1.54) is 70.7 Å². The summed E-state index contributed by atoms with van der Waals surface area (Å²) < 4.78 is 0. The van der Waals surface area contributed by atoms with E-state index in [1.807, 2.05) is 12.1 Å². The smallest absolute Gasteiger partial charge is 0.197 e. The minimum atomic E-state index is 0.155. The molecule has 0 N–H and O–H groups in total. The molecule has 3 aromatic carbocycles. The molecule has 5 aromatic rings. The Morgan fingerprint density at radius 2 is 1.23 bits per heavy atom. The first-order valence-electron chi connectivity index (χ1n) is 14.0. The number of rotatable bonds is 9. The standard InChI is InChI=1S/C36H30OS2/c1-2-3-4-5-6-10-23-15-17-24(18-16-23)25-19-20-28-31-26(25)11-7-12-27(31)32-33(28)35(30-14-9-22-39-30)36(37)34(32)29-13-8-21-38-29/h7-9,11-22H,2-6,10H2,1H3. The largest absolute Gasteiger partial charge is 0.288 e. The van der Waals surface area contributed by atoms with Gasteiger partial charge in [0, 0.05) is 32.0 Å². The zero-order valence-electron chi connectivity index (χ0n) is 22.1. The third-order valence-corrected chi connectivity index (χ3v) is 9.93. The molecule has 2 heterocycles. The van der Waals surface area contributed by atoms with Crippen molar-refractivity contribution >= 4 is 61.5 Å². The molecule has 0 fully saturated rings. The molecule has 0 aliphatic heterocycles. The van der Waals surface area contributed by atoms with E-state index in [0.29, 0.717) is 0 Å². The van der Waals surface area contributed by atoms with Gasteiger partial charge in [0.2, 0.25) is 0 Å². The topological polar surface area (TPSA) is 17.1 Å². The Labute approximate surface area is 238 Å². The van der Waals surface area contributed by atoms with Gasteiger partial charge < -0.3 is 0 Å². The molecule has 0 spiro atoms. The lowest BCUT2D eigenvalue weighted by Crippen LogP contribution is -2.00. The van der Waals surface area contributed by atoms with E-state index >= 15 is 0 Å². The fourth-order valence-electron chi connectivity index (χ4n) is 6.31. The number of Topliss-reactive ketones (excluding diaryl/α,β-unsaturated/α-hetero) is 1. The molecule has 1 nitrogen and oxygen atoms in total. The van der Waals surface area contributed by atoms with Crippen molar-refractivity contribution < 1.29 is 4.79 Å². The molecule has 0 saturated heterocycles. The second kappa shape index (κ2) is 10.2. The summed E-state index contributed by atoms with van der Waals surface area (Å²) in [4.78, 5) is 16.1. The molecule has 192 valence electrons. The van der Waals surface area contributed by atoms with Gasteiger partial charge in [-0.05, 0) is 74.3 Å². The second-order valence-electron chi connectivity index (χ2n) is 10.5. The fraction of sp³-hybridized carbons (Fsp3) is 0.194. The molecule has 2 aliphatic carbocycles. The highest BCUT2D eigenvalue weighted by Gasteiger charge is 2.41. The van der Waals surface area contributed by atoms with E-state index in [-0.39, 0.29) is 5.78 Å². The van der Waals surface area contributed by atoms with Crippen molar-refractivity contribution in [3.8, 4) is 11.1 Å². The van der Waals surface area contributed by atoms with E-state index < -0.39 is 0 Å². The normalized spacial score (nSPS) is 14.2. The molecule has 0 amide bonds. The lowest BCUT2D eigenvalue weighted by molar-refractivity contribution is -0.108. The molecular formula is C36H30OS2. The number of unbranched alkanes of at least 4 members (excludes halogenated alkanes) is 4. The van der Waals surface area contributed by atoms with Crippen LogP contribution in [0, 0.1) is 0 Å². The van der Waals surface area contributed by atoms with Gasteiger partial charge in [-0.3, -0.25) is 4.79 Å². The first-order chi connectivity index (χ1) is 19.3. The van der Waals surface area contributed by atoms with Crippen molar-refractivity contribution in [3.05, 3.63) is 116 Å². The number of allylic oxidation sites excluding steroid dienone is 4. The number of benzene rings is 3. The third kappa shape index (κ3) is 4.07. The van der Waals surface area contributed by atoms with Crippen molar-refractivity contribution in [2.45, 2.75) is 45.4 Å². The maximum atomic E-state index is 14.0. The van der Waals surface area contributed by atoms with Gasteiger partial charge in [-0.25, -0.2) is 0 Å². The Kier molecular flexibility index (Phi) is 6.42. The number of ketones is 1. The first-order valence-corrected chi connectivity index (χ1v) is 15.8. The van der Waals surface area contributed by atoms with Crippen molar-refractivity contribution in [2.75, 3.05) is 0 Å². The summed E-state index contributed by atoms with van der Waals surface area (Å²) in [5, 5.41) is 6.66. The molecule has 39 heavy (non-hydrogen) atoms. The number of hydrogen-bond donors (Lipinski definition) is 0. The minimum Gasteiger partial charge on any atom is -0.288 e. The number of carbonyl (C=O) groups is 1. The Hall–Kier alpha value is -3.53. The monoisotopic (exact) mass is 542 g/mol. The van der Waals surface area contributed by atoms with Crippen LogP contribution >= 0.6 is 22.7 Å². The van der Waals surface area contributed by atoms with Crippen molar-refractivity contribution in [2.24, 2.45) is 0 Å². The summed E-state index contributed by atoms with van der Waals surface area (Å²) in [7, 11) is 0. The number of carbonyl (C=O) groups excluding carboxylic acids is 1. The summed E-state index contributed by atoms with van der Waals surface area (Å²) in [6.07, 6.45) is 7.72. The molecule has 7 rings (SSSR count).